The molecule has 182 valence electrons. The molecule has 0 unspecified atom stereocenters. The van der Waals surface area contributed by atoms with Gasteiger partial charge in [-0.1, -0.05) is 18.7 Å². The van der Waals surface area contributed by atoms with Crippen molar-refractivity contribution in [2.75, 3.05) is 11.4 Å². The summed E-state index contributed by atoms with van der Waals surface area (Å²) >= 11 is 0. The van der Waals surface area contributed by atoms with E-state index >= 15 is 0 Å². The Morgan fingerprint density at radius 2 is 1.92 bits per heavy atom. The summed E-state index contributed by atoms with van der Waals surface area (Å²) < 4.78 is 46.0. The van der Waals surface area contributed by atoms with Crippen LogP contribution in [0, 0.1) is 0 Å². The van der Waals surface area contributed by atoms with Crippen molar-refractivity contribution in [3.05, 3.63) is 89.7 Å². The largest absolute Gasteiger partial charge is 0.455 e. The van der Waals surface area contributed by atoms with Crippen LogP contribution in [-0.2, 0) is 12.6 Å². The third-order valence-electron chi connectivity index (χ3n) is 6.09. The Labute approximate surface area is 205 Å². The lowest BCUT2D eigenvalue weighted by Gasteiger charge is -2.32. The molecule has 0 amide bonds. The lowest BCUT2D eigenvalue weighted by atomic mass is 9.98. The molecule has 5 nitrogen and oxygen atoms in total. The van der Waals surface area contributed by atoms with Crippen molar-refractivity contribution in [2.45, 2.75) is 25.9 Å². The second-order valence-electron chi connectivity index (χ2n) is 8.55. The first-order valence-electron chi connectivity index (χ1n) is 11.4. The number of aromatic nitrogens is 2. The predicted octanol–water partition coefficient (Wildman–Crippen LogP) is 7.39. The first kappa shape index (κ1) is 23.5. The maximum absolute atomic E-state index is 13.3. The third kappa shape index (κ3) is 4.42. The Bertz CT molecular complexity index is 1520. The fraction of sp³-hybridized carbons (Fsp3) is 0.179. The molecule has 1 aliphatic rings. The third-order valence-corrected chi connectivity index (χ3v) is 6.09. The van der Waals surface area contributed by atoms with Gasteiger partial charge in [0.1, 0.15) is 11.5 Å². The highest BCUT2D eigenvalue weighted by atomic mass is 19.4. The van der Waals surface area contributed by atoms with Gasteiger partial charge in [-0.05, 0) is 79.9 Å². The fourth-order valence-corrected chi connectivity index (χ4v) is 4.34. The summed E-state index contributed by atoms with van der Waals surface area (Å²) in [6.07, 6.45) is 1.90. The fourth-order valence-electron chi connectivity index (χ4n) is 4.34. The van der Waals surface area contributed by atoms with E-state index in [9.17, 15) is 18.0 Å². The summed E-state index contributed by atoms with van der Waals surface area (Å²) in [7, 11) is 0. The Hall–Kier alpha value is -4.20. The molecule has 36 heavy (non-hydrogen) atoms. The summed E-state index contributed by atoms with van der Waals surface area (Å²) in [4.78, 5) is 23.5. The molecule has 0 saturated carbocycles. The molecule has 0 atom stereocenters. The summed E-state index contributed by atoms with van der Waals surface area (Å²) in [5, 5.41) is 0. The average Bonchev–Trinajstić information content (AvgIpc) is 3.34. The van der Waals surface area contributed by atoms with Crippen molar-refractivity contribution >= 4 is 34.4 Å². The number of rotatable bonds is 5. The van der Waals surface area contributed by atoms with Gasteiger partial charge in [-0.2, -0.15) is 13.2 Å². The van der Waals surface area contributed by atoms with Crippen LogP contribution >= 0.6 is 0 Å². The predicted molar refractivity (Wildman–Crippen MR) is 133 cm³/mol. The van der Waals surface area contributed by atoms with E-state index in [1.807, 2.05) is 4.90 Å². The van der Waals surface area contributed by atoms with Gasteiger partial charge in [0.2, 0.25) is 0 Å². The minimum absolute atomic E-state index is 0.1000. The van der Waals surface area contributed by atoms with E-state index in [1.54, 1.807) is 48.6 Å². The minimum Gasteiger partial charge on any atom is -0.455 e. The summed E-state index contributed by atoms with van der Waals surface area (Å²) in [5.41, 5.74) is 2.61. The van der Waals surface area contributed by atoms with E-state index in [0.717, 1.165) is 6.07 Å². The van der Waals surface area contributed by atoms with Gasteiger partial charge in [0.25, 0.3) is 0 Å². The zero-order valence-corrected chi connectivity index (χ0v) is 19.5. The minimum atomic E-state index is -4.42. The van der Waals surface area contributed by atoms with Crippen molar-refractivity contribution < 1.29 is 22.4 Å². The number of ketones is 1. The maximum Gasteiger partial charge on any atom is 0.416 e. The van der Waals surface area contributed by atoms with Gasteiger partial charge in [-0.3, -0.25) is 4.79 Å². The van der Waals surface area contributed by atoms with Gasteiger partial charge in [0.05, 0.1) is 16.6 Å². The second kappa shape index (κ2) is 9.11. The van der Waals surface area contributed by atoms with E-state index in [0.29, 0.717) is 70.3 Å². The number of nitrogens with zero attached hydrogens (tertiary/aromatic N) is 3. The van der Waals surface area contributed by atoms with Crippen LogP contribution in [0.25, 0.3) is 28.6 Å². The van der Waals surface area contributed by atoms with Crippen molar-refractivity contribution in [3.63, 3.8) is 0 Å². The number of benzene rings is 2. The molecule has 0 aliphatic carbocycles. The van der Waals surface area contributed by atoms with Gasteiger partial charge < -0.3 is 9.32 Å². The lowest BCUT2D eigenvalue weighted by Crippen LogP contribution is -2.26. The number of alkyl halides is 3. The van der Waals surface area contributed by atoms with Crippen LogP contribution in [0.3, 0.4) is 0 Å². The smallest absolute Gasteiger partial charge is 0.416 e. The Kier molecular flexibility index (Phi) is 5.96. The molecule has 5 rings (SSSR count). The van der Waals surface area contributed by atoms with Gasteiger partial charge in [0, 0.05) is 17.8 Å². The van der Waals surface area contributed by atoms with Crippen LogP contribution in [0.1, 0.15) is 40.6 Å². The Balaban J connectivity index is 1.70. The molecule has 2 aromatic carbocycles. The highest BCUT2D eigenvalue weighted by Crippen LogP contribution is 2.41. The first-order chi connectivity index (χ1) is 17.2. The zero-order chi connectivity index (χ0) is 25.4. The summed E-state index contributed by atoms with van der Waals surface area (Å²) in [6, 6.07) is 12.5. The van der Waals surface area contributed by atoms with Crippen LogP contribution in [0.15, 0.2) is 71.7 Å². The molecule has 8 heteroatoms. The number of anilines is 2. The lowest BCUT2D eigenvalue weighted by molar-refractivity contribution is -0.137. The number of hydrogen-bond acceptors (Lipinski definition) is 5. The number of hydrogen-bond donors (Lipinski definition) is 0. The average molecular weight is 489 g/mol. The van der Waals surface area contributed by atoms with E-state index in [-0.39, 0.29) is 5.78 Å². The number of furan rings is 1. The quantitative estimate of drug-likeness (QED) is 0.216. The second-order valence-corrected chi connectivity index (χ2v) is 8.55. The molecule has 0 spiro atoms. The van der Waals surface area contributed by atoms with E-state index in [1.165, 1.54) is 19.1 Å². The van der Waals surface area contributed by atoms with Gasteiger partial charge in [0.15, 0.2) is 17.4 Å². The molecule has 0 radical (unpaired) electrons. The van der Waals surface area contributed by atoms with Crippen molar-refractivity contribution in [2.24, 2.45) is 0 Å². The Morgan fingerprint density at radius 3 is 2.67 bits per heavy atom. The molecule has 0 fully saturated rings. The molecule has 3 heterocycles. The number of Topliss-reactive ketones (excluding diaryl/α,β-unsaturated/α-hetero) is 1. The standard InChI is InChI=1S/C28H22F3N3O2/c1-3-4-7-21-10-13-25(36-21)26-27(33-23-16-18(17(2)35)8-11-22(23)32-26)34-14-5-6-19-15-20(28(29,30)31)9-12-24(19)34/h3-4,7-13,15-16H,1,5-6,14H2,2H3/b7-4-. The number of fused-ring (bicyclic) bond motifs is 2. The van der Waals surface area contributed by atoms with Crippen LogP contribution in [0.2, 0.25) is 0 Å². The van der Waals surface area contributed by atoms with Crippen molar-refractivity contribution in [1.82, 2.24) is 9.97 Å². The van der Waals surface area contributed by atoms with E-state index in [4.69, 9.17) is 14.4 Å². The van der Waals surface area contributed by atoms with Crippen LogP contribution < -0.4 is 4.90 Å². The van der Waals surface area contributed by atoms with E-state index in [2.05, 4.69) is 6.58 Å². The first-order valence-corrected chi connectivity index (χ1v) is 11.4. The molecular formula is C28H22F3N3O2. The highest BCUT2D eigenvalue weighted by Gasteiger charge is 2.33. The van der Waals surface area contributed by atoms with Crippen molar-refractivity contribution in [3.8, 4) is 11.5 Å². The topological polar surface area (TPSA) is 59.2 Å². The number of carbonyl (C=O) groups is 1. The van der Waals surface area contributed by atoms with Crippen LogP contribution in [0.4, 0.5) is 24.7 Å². The Morgan fingerprint density at radius 1 is 1.08 bits per heavy atom. The van der Waals surface area contributed by atoms with Crippen LogP contribution in [-0.4, -0.2) is 22.3 Å². The monoisotopic (exact) mass is 489 g/mol. The van der Waals surface area contributed by atoms with Gasteiger partial charge >= 0.3 is 6.18 Å². The summed E-state index contributed by atoms with van der Waals surface area (Å²) in [6.45, 7) is 5.68. The maximum atomic E-state index is 13.3. The van der Waals surface area contributed by atoms with Gasteiger partial charge in [-0.25, -0.2) is 9.97 Å². The number of aryl methyl sites for hydroxylation is 1. The number of carbonyl (C=O) groups excluding carboxylic acids is 1. The normalized spacial score (nSPS) is 13.8. The zero-order valence-electron chi connectivity index (χ0n) is 19.5. The molecule has 0 N–H and O–H groups in total. The van der Waals surface area contributed by atoms with Gasteiger partial charge in [-0.15, -0.1) is 0 Å². The molecular weight excluding hydrogens is 467 g/mol. The van der Waals surface area contributed by atoms with Crippen molar-refractivity contribution in [1.29, 1.82) is 0 Å². The molecule has 2 aromatic heterocycles. The molecule has 1 aliphatic heterocycles. The molecule has 0 saturated heterocycles. The van der Waals surface area contributed by atoms with Crippen LogP contribution in [0.5, 0.6) is 0 Å². The van der Waals surface area contributed by atoms with E-state index < -0.39 is 11.7 Å². The molecule has 0 bridgehead atoms. The number of allylic oxidation sites excluding steroid dienone is 2. The molecule has 4 aromatic rings. The summed E-state index contributed by atoms with van der Waals surface area (Å²) in [5.74, 6) is 1.42. The number of halogens is 3. The highest BCUT2D eigenvalue weighted by molar-refractivity contribution is 5.98. The SMILES string of the molecule is C=C/C=C\c1ccc(-c2nc3ccc(C(C)=O)cc3nc2N2CCCc3cc(C(F)(F)F)ccc32)o1.